The topological polar surface area (TPSA) is 23.5 Å². The van der Waals surface area contributed by atoms with Crippen LogP contribution in [-0.2, 0) is 6.54 Å². The van der Waals surface area contributed by atoms with E-state index >= 15 is 0 Å². The van der Waals surface area contributed by atoms with Crippen molar-refractivity contribution < 1.29 is 5.11 Å². The lowest BCUT2D eigenvalue weighted by molar-refractivity contribution is 0.0792. The summed E-state index contributed by atoms with van der Waals surface area (Å²) in [6, 6.07) is 5.99. The van der Waals surface area contributed by atoms with Crippen LogP contribution in [0.5, 0.6) is 0 Å². The Kier molecular flexibility index (Phi) is 4.25. The summed E-state index contributed by atoms with van der Waals surface area (Å²) >= 11 is 9.57. The van der Waals surface area contributed by atoms with Crippen LogP contribution in [0.3, 0.4) is 0 Å². The number of piperidine rings is 1. The minimum Gasteiger partial charge on any atom is -0.393 e. The summed E-state index contributed by atoms with van der Waals surface area (Å²) in [7, 11) is 0. The second-order valence-electron chi connectivity index (χ2n) is 4.24. The first-order valence-electron chi connectivity index (χ1n) is 5.49. The van der Waals surface area contributed by atoms with Crippen molar-refractivity contribution in [2.24, 2.45) is 0 Å². The van der Waals surface area contributed by atoms with Crippen molar-refractivity contribution in [3.8, 4) is 0 Å². The number of halogens is 2. The lowest BCUT2D eigenvalue weighted by Crippen LogP contribution is -2.35. The van der Waals surface area contributed by atoms with E-state index in [2.05, 4.69) is 26.9 Å². The average molecular weight is 305 g/mol. The van der Waals surface area contributed by atoms with Crippen molar-refractivity contribution in [3.63, 3.8) is 0 Å². The third-order valence-corrected chi connectivity index (χ3v) is 3.81. The van der Waals surface area contributed by atoms with Gasteiger partial charge in [-0.3, -0.25) is 4.90 Å². The Hall–Kier alpha value is -0.0900. The maximum absolute atomic E-state index is 9.43. The molecule has 1 fully saturated rings. The van der Waals surface area contributed by atoms with Crippen LogP contribution < -0.4 is 0 Å². The van der Waals surface area contributed by atoms with Crippen LogP contribution in [0.25, 0.3) is 0 Å². The van der Waals surface area contributed by atoms with Gasteiger partial charge in [-0.15, -0.1) is 0 Å². The zero-order valence-electron chi connectivity index (χ0n) is 9.00. The molecule has 2 nitrogen and oxygen atoms in total. The fraction of sp³-hybridized carbons (Fsp3) is 0.500. The van der Waals surface area contributed by atoms with E-state index < -0.39 is 0 Å². The quantitative estimate of drug-likeness (QED) is 0.908. The first-order valence-corrected chi connectivity index (χ1v) is 6.66. The number of aliphatic hydroxyl groups is 1. The van der Waals surface area contributed by atoms with Crippen LogP contribution in [0, 0.1) is 0 Å². The van der Waals surface area contributed by atoms with Gasteiger partial charge in [0.1, 0.15) is 0 Å². The normalized spacial score (nSPS) is 18.9. The highest BCUT2D eigenvalue weighted by atomic mass is 79.9. The highest BCUT2D eigenvalue weighted by molar-refractivity contribution is 9.10. The Morgan fingerprint density at radius 3 is 2.69 bits per heavy atom. The molecule has 0 spiro atoms. The monoisotopic (exact) mass is 303 g/mol. The van der Waals surface area contributed by atoms with E-state index in [-0.39, 0.29) is 6.10 Å². The molecule has 0 unspecified atom stereocenters. The van der Waals surface area contributed by atoms with E-state index in [1.165, 1.54) is 0 Å². The molecular weight excluding hydrogens is 289 g/mol. The summed E-state index contributed by atoms with van der Waals surface area (Å²) in [4.78, 5) is 2.34. The second-order valence-corrected chi connectivity index (χ2v) is 5.57. The van der Waals surface area contributed by atoms with Crippen LogP contribution in [0.15, 0.2) is 22.7 Å². The fourth-order valence-electron chi connectivity index (χ4n) is 1.97. The molecule has 2 rings (SSSR count). The fourth-order valence-corrected chi connectivity index (χ4v) is 2.70. The van der Waals surface area contributed by atoms with Crippen molar-refractivity contribution in [3.05, 3.63) is 33.3 Å². The van der Waals surface area contributed by atoms with Gasteiger partial charge in [-0.25, -0.2) is 0 Å². The van der Waals surface area contributed by atoms with E-state index in [0.717, 1.165) is 47.5 Å². The van der Waals surface area contributed by atoms with Crippen LogP contribution >= 0.6 is 27.5 Å². The van der Waals surface area contributed by atoms with Crippen molar-refractivity contribution in [2.45, 2.75) is 25.5 Å². The molecule has 1 aliphatic rings. The number of hydrogen-bond acceptors (Lipinski definition) is 2. The van der Waals surface area contributed by atoms with Crippen LogP contribution in [0.1, 0.15) is 18.4 Å². The summed E-state index contributed by atoms with van der Waals surface area (Å²) < 4.78 is 1.01. The SMILES string of the molecule is OC1CCN(Cc2ccc(Br)cc2Cl)CC1. The Morgan fingerprint density at radius 1 is 1.38 bits per heavy atom. The molecule has 1 heterocycles. The number of benzene rings is 1. The second kappa shape index (κ2) is 5.50. The van der Waals surface area contributed by atoms with Gasteiger partial charge in [-0.05, 0) is 30.5 Å². The molecule has 0 aliphatic carbocycles. The Bertz CT molecular complexity index is 364. The van der Waals surface area contributed by atoms with Crippen molar-refractivity contribution in [2.75, 3.05) is 13.1 Å². The molecule has 0 bridgehead atoms. The van der Waals surface area contributed by atoms with Crippen LogP contribution in [0.4, 0.5) is 0 Å². The molecule has 1 aliphatic heterocycles. The summed E-state index contributed by atoms with van der Waals surface area (Å²) in [5.41, 5.74) is 1.15. The molecule has 0 aromatic heterocycles. The molecule has 0 atom stereocenters. The molecule has 0 radical (unpaired) electrons. The highest BCUT2D eigenvalue weighted by Crippen LogP contribution is 2.23. The van der Waals surface area contributed by atoms with E-state index in [1.807, 2.05) is 12.1 Å². The predicted octanol–water partition coefficient (Wildman–Crippen LogP) is 3.06. The number of aliphatic hydroxyl groups excluding tert-OH is 1. The third kappa shape index (κ3) is 3.20. The smallest absolute Gasteiger partial charge is 0.0564 e. The van der Waals surface area contributed by atoms with E-state index in [0.29, 0.717) is 0 Å². The molecule has 1 aromatic carbocycles. The highest BCUT2D eigenvalue weighted by Gasteiger charge is 2.17. The summed E-state index contributed by atoms with van der Waals surface area (Å²) in [5, 5.41) is 10.2. The maximum atomic E-state index is 9.43. The lowest BCUT2D eigenvalue weighted by Gasteiger charge is -2.29. The molecular formula is C12H15BrClNO. The van der Waals surface area contributed by atoms with Gasteiger partial charge in [0.05, 0.1) is 6.10 Å². The molecule has 1 saturated heterocycles. The molecule has 88 valence electrons. The number of hydrogen-bond donors (Lipinski definition) is 1. The minimum absolute atomic E-state index is 0.114. The van der Waals surface area contributed by atoms with E-state index in [9.17, 15) is 5.11 Å². The van der Waals surface area contributed by atoms with Gasteiger partial charge in [0.15, 0.2) is 0 Å². The van der Waals surface area contributed by atoms with Gasteiger partial charge in [0.2, 0.25) is 0 Å². The van der Waals surface area contributed by atoms with Gasteiger partial charge in [-0.1, -0.05) is 33.6 Å². The molecule has 1 N–H and O–H groups in total. The standard InChI is InChI=1S/C12H15BrClNO/c13-10-2-1-9(12(14)7-10)8-15-5-3-11(16)4-6-15/h1-2,7,11,16H,3-6,8H2. The van der Waals surface area contributed by atoms with E-state index in [1.54, 1.807) is 0 Å². The predicted molar refractivity (Wildman–Crippen MR) is 69.7 cm³/mol. The zero-order chi connectivity index (χ0) is 11.5. The van der Waals surface area contributed by atoms with Crippen molar-refractivity contribution in [1.82, 2.24) is 4.90 Å². The molecule has 1 aromatic rings. The number of likely N-dealkylation sites (tertiary alicyclic amines) is 1. The Labute approximate surface area is 109 Å². The summed E-state index contributed by atoms with van der Waals surface area (Å²) in [6.45, 7) is 2.78. The molecule has 4 heteroatoms. The summed E-state index contributed by atoms with van der Waals surface area (Å²) in [5.74, 6) is 0. The van der Waals surface area contributed by atoms with Crippen molar-refractivity contribution >= 4 is 27.5 Å². The Morgan fingerprint density at radius 2 is 2.06 bits per heavy atom. The molecule has 0 amide bonds. The van der Waals surface area contributed by atoms with Crippen LogP contribution in [-0.4, -0.2) is 29.2 Å². The minimum atomic E-state index is -0.114. The van der Waals surface area contributed by atoms with Gasteiger partial charge in [0.25, 0.3) is 0 Å². The maximum Gasteiger partial charge on any atom is 0.0564 e. The zero-order valence-corrected chi connectivity index (χ0v) is 11.3. The molecule has 0 saturated carbocycles. The van der Waals surface area contributed by atoms with E-state index in [4.69, 9.17) is 11.6 Å². The number of rotatable bonds is 2. The third-order valence-electron chi connectivity index (χ3n) is 2.97. The van der Waals surface area contributed by atoms with Gasteiger partial charge < -0.3 is 5.11 Å². The molecule has 16 heavy (non-hydrogen) atoms. The number of nitrogens with zero attached hydrogens (tertiary/aromatic N) is 1. The average Bonchev–Trinajstić information content (AvgIpc) is 2.25. The van der Waals surface area contributed by atoms with Crippen LogP contribution in [0.2, 0.25) is 5.02 Å². The Balaban J connectivity index is 1.98. The van der Waals surface area contributed by atoms with Gasteiger partial charge >= 0.3 is 0 Å². The lowest BCUT2D eigenvalue weighted by atomic mass is 10.1. The van der Waals surface area contributed by atoms with Gasteiger partial charge in [-0.2, -0.15) is 0 Å². The first kappa shape index (κ1) is 12.4. The van der Waals surface area contributed by atoms with Crippen molar-refractivity contribution in [1.29, 1.82) is 0 Å². The van der Waals surface area contributed by atoms with Gasteiger partial charge in [0, 0.05) is 29.1 Å². The summed E-state index contributed by atoms with van der Waals surface area (Å²) in [6.07, 6.45) is 1.62. The largest absolute Gasteiger partial charge is 0.393 e. The first-order chi connectivity index (χ1) is 7.65.